The van der Waals surface area contributed by atoms with E-state index < -0.39 is 18.9 Å². The SMILES string of the molecule is CCOC(=O)C1=C(C)C2=C(c3c(C)cc(O)cc3C)c3c(C)c(C(=O)OCC)c(C)n3[B-](F)(F)[N+]2=C1C. The first-order chi connectivity index (χ1) is 17.3. The Kier molecular flexibility index (Phi) is 6.42. The second-order valence-electron chi connectivity index (χ2n) is 9.47. The number of fused-ring (bicyclic) bond motifs is 2. The Hall–Kier alpha value is -3.69. The minimum atomic E-state index is -4.50. The van der Waals surface area contributed by atoms with Crippen molar-refractivity contribution in [3.8, 4) is 5.75 Å². The Morgan fingerprint density at radius 1 is 0.973 bits per heavy atom. The van der Waals surface area contributed by atoms with E-state index in [1.165, 1.54) is 13.8 Å². The number of aryl methyl sites for hydroxylation is 2. The zero-order valence-corrected chi connectivity index (χ0v) is 22.4. The number of hydrogen-bond donors (Lipinski definition) is 1. The lowest BCUT2D eigenvalue weighted by Crippen LogP contribution is -2.52. The molecule has 1 N–H and O–H groups in total. The van der Waals surface area contributed by atoms with E-state index in [-0.39, 0.29) is 52.9 Å². The molecule has 2 aromatic rings. The molecule has 0 spiro atoms. The van der Waals surface area contributed by atoms with Gasteiger partial charge in [-0.1, -0.05) is 0 Å². The van der Waals surface area contributed by atoms with E-state index in [0.717, 1.165) is 8.96 Å². The first-order valence-corrected chi connectivity index (χ1v) is 12.3. The van der Waals surface area contributed by atoms with Crippen molar-refractivity contribution in [2.45, 2.75) is 55.4 Å². The molecule has 2 aliphatic rings. The minimum Gasteiger partial charge on any atom is -0.508 e. The molecule has 196 valence electrons. The number of carbonyl (C=O) groups excluding carboxylic acids is 2. The molecule has 1 aromatic heterocycles. The normalized spacial score (nSPS) is 16.3. The third-order valence-corrected chi connectivity index (χ3v) is 7.21. The number of halogens is 2. The van der Waals surface area contributed by atoms with Gasteiger partial charge in [-0.3, -0.25) is 0 Å². The van der Waals surface area contributed by atoms with Crippen molar-refractivity contribution in [2.24, 2.45) is 0 Å². The Morgan fingerprint density at radius 3 is 2.05 bits per heavy atom. The van der Waals surface area contributed by atoms with Crippen molar-refractivity contribution >= 4 is 30.2 Å². The van der Waals surface area contributed by atoms with E-state index in [0.29, 0.717) is 33.4 Å². The summed E-state index contributed by atoms with van der Waals surface area (Å²) in [6.07, 6.45) is 0. The number of hydrogen-bond acceptors (Lipinski definition) is 5. The summed E-state index contributed by atoms with van der Waals surface area (Å²) in [6, 6.07) is 3.13. The monoisotopic (exact) mass is 512 g/mol. The second-order valence-corrected chi connectivity index (χ2v) is 9.47. The van der Waals surface area contributed by atoms with Crippen LogP contribution in [0.1, 0.15) is 71.7 Å². The van der Waals surface area contributed by atoms with Crippen molar-refractivity contribution < 1.29 is 37.3 Å². The zero-order valence-electron chi connectivity index (χ0n) is 22.4. The van der Waals surface area contributed by atoms with Gasteiger partial charge in [0.25, 0.3) is 0 Å². The maximum Gasteiger partial charge on any atom is 0.737 e. The van der Waals surface area contributed by atoms with Gasteiger partial charge in [-0.15, -0.1) is 0 Å². The fraction of sp³-hybridized carbons (Fsp3) is 0.370. The molecular weight excluding hydrogens is 481 g/mol. The molecule has 10 heteroatoms. The van der Waals surface area contributed by atoms with Crippen LogP contribution in [0, 0.1) is 27.7 Å². The summed E-state index contributed by atoms with van der Waals surface area (Å²) in [5.41, 5.74) is 3.86. The Bertz CT molecular complexity index is 1460. The number of esters is 2. The summed E-state index contributed by atoms with van der Waals surface area (Å²) in [6.45, 7) is 8.83. The summed E-state index contributed by atoms with van der Waals surface area (Å²) in [5, 5.41) is 10.2. The first-order valence-electron chi connectivity index (χ1n) is 12.3. The number of allylic oxidation sites excluding steroid dienone is 1. The van der Waals surface area contributed by atoms with E-state index in [2.05, 4.69) is 0 Å². The number of aromatic nitrogens is 1. The third-order valence-electron chi connectivity index (χ3n) is 7.21. The molecule has 0 saturated carbocycles. The summed E-state index contributed by atoms with van der Waals surface area (Å²) < 4.78 is 45.4. The quantitative estimate of drug-likeness (QED) is 0.452. The van der Waals surface area contributed by atoms with Crippen LogP contribution in [-0.2, 0) is 14.3 Å². The van der Waals surface area contributed by atoms with Gasteiger partial charge in [-0.25, -0.2) is 9.59 Å². The average molecular weight is 512 g/mol. The van der Waals surface area contributed by atoms with E-state index >= 15 is 8.63 Å². The van der Waals surface area contributed by atoms with Crippen molar-refractivity contribution in [1.82, 2.24) is 4.48 Å². The van der Waals surface area contributed by atoms with Gasteiger partial charge in [0.1, 0.15) is 17.0 Å². The molecule has 0 saturated heterocycles. The minimum absolute atomic E-state index is 0.0516. The van der Waals surface area contributed by atoms with Crippen molar-refractivity contribution in [3.63, 3.8) is 0 Å². The van der Waals surface area contributed by atoms with Crippen molar-refractivity contribution in [2.75, 3.05) is 13.2 Å². The molecule has 0 fully saturated rings. The van der Waals surface area contributed by atoms with Gasteiger partial charge in [0.05, 0.1) is 24.4 Å². The Labute approximate surface area is 214 Å². The molecule has 7 nitrogen and oxygen atoms in total. The van der Waals surface area contributed by atoms with Crippen LogP contribution in [0.4, 0.5) is 8.63 Å². The highest BCUT2D eigenvalue weighted by molar-refractivity contribution is 6.59. The topological polar surface area (TPSA) is 80.8 Å². The van der Waals surface area contributed by atoms with Gasteiger partial charge in [0.15, 0.2) is 5.70 Å². The average Bonchev–Trinajstić information content (AvgIpc) is 3.20. The standard InChI is InChI=1S/C27H31BF2N2O5/c1-9-36-26(34)21-15(5)24-23(20-13(3)11-19(33)12-14(20)4)25-16(6)22(27(35)37-10-2)18(8)32(25)28(29,30)31(24)17(21)7/h11-12,33H,9-10H2,1-8H3. The molecule has 37 heavy (non-hydrogen) atoms. The maximum atomic E-state index is 16.6. The van der Waals surface area contributed by atoms with E-state index in [9.17, 15) is 14.7 Å². The lowest BCUT2D eigenvalue weighted by atomic mass is 9.81. The second kappa shape index (κ2) is 9.01. The number of nitrogens with zero attached hydrogens (tertiary/aromatic N) is 2. The number of ether oxygens (including phenoxy) is 2. The molecule has 0 radical (unpaired) electrons. The third kappa shape index (κ3) is 3.64. The number of aromatic hydroxyl groups is 1. The van der Waals surface area contributed by atoms with Crippen molar-refractivity contribution in [1.29, 1.82) is 0 Å². The molecule has 0 bridgehead atoms. The summed E-state index contributed by atoms with van der Waals surface area (Å²) in [7, 11) is 0. The molecule has 3 heterocycles. The molecule has 2 aliphatic heterocycles. The van der Waals surface area contributed by atoms with Gasteiger partial charge < -0.3 is 32.2 Å². The number of benzene rings is 1. The van der Waals surface area contributed by atoms with Crippen LogP contribution in [0.15, 0.2) is 29.0 Å². The van der Waals surface area contributed by atoms with Gasteiger partial charge in [-0.05, 0) is 88.5 Å². The van der Waals surface area contributed by atoms with Gasteiger partial charge >= 0.3 is 18.9 Å². The summed E-state index contributed by atoms with van der Waals surface area (Å²) in [5.74, 6) is -1.29. The van der Waals surface area contributed by atoms with Crippen LogP contribution < -0.4 is 0 Å². The predicted octanol–water partition coefficient (Wildman–Crippen LogP) is 4.97. The Balaban J connectivity index is 2.25. The van der Waals surface area contributed by atoms with E-state index in [1.807, 2.05) is 0 Å². The maximum absolute atomic E-state index is 16.6. The lowest BCUT2D eigenvalue weighted by molar-refractivity contribution is -0.363. The highest BCUT2D eigenvalue weighted by Crippen LogP contribution is 2.48. The number of phenolic OH excluding ortho intramolecular Hbond substituents is 1. The molecule has 0 aliphatic carbocycles. The fourth-order valence-electron chi connectivity index (χ4n) is 5.92. The number of phenols is 1. The fourth-order valence-corrected chi connectivity index (χ4v) is 5.92. The molecule has 0 unspecified atom stereocenters. The number of rotatable bonds is 5. The van der Waals surface area contributed by atoms with Gasteiger partial charge in [-0.2, -0.15) is 0 Å². The molecule has 0 atom stereocenters. The van der Waals surface area contributed by atoms with Crippen molar-refractivity contribution in [3.05, 3.63) is 68.2 Å². The highest BCUT2D eigenvalue weighted by atomic mass is 19.2. The van der Waals surface area contributed by atoms with Crippen LogP contribution in [0.2, 0.25) is 0 Å². The first kappa shape index (κ1) is 26.4. The predicted molar refractivity (Wildman–Crippen MR) is 137 cm³/mol. The smallest absolute Gasteiger partial charge is 0.508 e. The zero-order chi connectivity index (χ0) is 27.6. The van der Waals surface area contributed by atoms with Gasteiger partial charge in [0.2, 0.25) is 0 Å². The molecule has 0 amide bonds. The van der Waals surface area contributed by atoms with E-state index in [1.54, 1.807) is 53.7 Å². The van der Waals surface area contributed by atoms with Crippen LogP contribution in [0.3, 0.4) is 0 Å². The van der Waals surface area contributed by atoms with Crippen LogP contribution in [-0.4, -0.2) is 51.9 Å². The van der Waals surface area contributed by atoms with E-state index in [4.69, 9.17) is 9.47 Å². The molecule has 1 aromatic carbocycles. The largest absolute Gasteiger partial charge is 0.737 e. The van der Waals surface area contributed by atoms with Gasteiger partial charge in [0, 0.05) is 18.2 Å². The van der Waals surface area contributed by atoms with Crippen LogP contribution in [0.5, 0.6) is 5.75 Å². The van der Waals surface area contributed by atoms with Crippen LogP contribution in [0.25, 0.3) is 5.57 Å². The lowest BCUT2D eigenvalue weighted by Gasteiger charge is -2.34. The van der Waals surface area contributed by atoms with Crippen LogP contribution >= 0.6 is 0 Å². The molecule has 4 rings (SSSR count). The number of carbonyl (C=O) groups is 2. The summed E-state index contributed by atoms with van der Waals surface area (Å²) in [4.78, 5) is 25.8. The highest BCUT2D eigenvalue weighted by Gasteiger charge is 2.58. The summed E-state index contributed by atoms with van der Waals surface area (Å²) >= 11 is 0. The Morgan fingerprint density at radius 2 is 1.51 bits per heavy atom. The molecular formula is C27H31BF2N2O5.